The number of phenolic OH excluding ortho intramolecular Hbond substituents is 2. The fraction of sp³-hybridized carbons (Fsp3) is 0.543. The highest BCUT2D eigenvalue weighted by Gasteiger charge is 2.41. The van der Waals surface area contributed by atoms with Crippen LogP contribution in [0.5, 0.6) is 23.0 Å². The molecule has 260 valence electrons. The van der Waals surface area contributed by atoms with Crippen molar-refractivity contribution >= 4 is 17.4 Å². The van der Waals surface area contributed by atoms with Crippen molar-refractivity contribution in [3.63, 3.8) is 0 Å². The second kappa shape index (κ2) is 19.1. The Morgan fingerprint density at radius 3 is 2.70 bits per heavy atom. The number of nitrogens with zero attached hydrogens (tertiary/aromatic N) is 1. The third kappa shape index (κ3) is 12.4. The van der Waals surface area contributed by atoms with Crippen molar-refractivity contribution < 1.29 is 34.3 Å². The lowest BCUT2D eigenvalue weighted by atomic mass is 9.97. The number of rotatable bonds is 20. The highest BCUT2D eigenvalue weighted by Crippen LogP contribution is 2.44. The van der Waals surface area contributed by atoms with Crippen molar-refractivity contribution in [3.8, 4) is 23.0 Å². The number of aromatic hydroxyl groups is 2. The van der Waals surface area contributed by atoms with Crippen LogP contribution < -0.4 is 31.2 Å². The van der Waals surface area contributed by atoms with E-state index in [1.165, 1.54) is 7.11 Å². The number of phenols is 2. The molecule has 1 saturated carbocycles. The third-order valence-electron chi connectivity index (χ3n) is 8.25. The molecule has 0 aliphatic heterocycles. The molecule has 2 aromatic rings. The van der Waals surface area contributed by atoms with Crippen LogP contribution in [0.25, 0.3) is 0 Å². The minimum Gasteiger partial charge on any atom is -0.504 e. The van der Waals surface area contributed by atoms with Gasteiger partial charge in [-0.25, -0.2) is 0 Å². The number of carbonyl (C=O) groups excluding carboxylic acids is 1. The van der Waals surface area contributed by atoms with Crippen LogP contribution in [0.2, 0.25) is 0 Å². The van der Waals surface area contributed by atoms with Crippen LogP contribution in [0, 0.1) is 5.92 Å². The van der Waals surface area contributed by atoms with E-state index >= 15 is 0 Å². The van der Waals surface area contributed by atoms with Crippen LogP contribution in [0.3, 0.4) is 0 Å². The van der Waals surface area contributed by atoms with Crippen LogP contribution in [0.1, 0.15) is 56.6 Å². The zero-order valence-electron chi connectivity index (χ0n) is 28.2. The number of ketones is 1. The molecule has 0 unspecified atom stereocenters. The van der Waals surface area contributed by atoms with E-state index in [4.69, 9.17) is 19.9 Å². The van der Waals surface area contributed by atoms with Crippen molar-refractivity contribution in [3.05, 3.63) is 53.6 Å². The maximum absolute atomic E-state index is 12.5. The molecule has 0 spiro atoms. The van der Waals surface area contributed by atoms with Crippen LogP contribution in [-0.4, -0.2) is 86.4 Å². The van der Waals surface area contributed by atoms with Gasteiger partial charge in [-0.2, -0.15) is 0 Å². The second-order valence-corrected chi connectivity index (χ2v) is 12.2. The lowest BCUT2D eigenvalue weighted by Gasteiger charge is -2.31. The summed E-state index contributed by atoms with van der Waals surface area (Å²) in [7, 11) is 4.95. The molecule has 0 amide bonds. The number of hydrogen-bond acceptors (Lipinski definition) is 10. The first-order chi connectivity index (χ1) is 22.6. The smallest absolute Gasteiger partial charge is 0.192 e. The maximum atomic E-state index is 12.5. The summed E-state index contributed by atoms with van der Waals surface area (Å²) in [6.07, 6.45) is 8.64. The number of allylic oxidation sites excluding steroid dienone is 2. The molecular weight excluding hydrogens is 602 g/mol. The first-order valence-corrected chi connectivity index (χ1v) is 16.3. The monoisotopic (exact) mass is 655 g/mol. The maximum Gasteiger partial charge on any atom is 0.192 e. The average Bonchev–Trinajstić information content (AvgIpc) is 3.44. The predicted molar refractivity (Wildman–Crippen MR) is 184 cm³/mol. The molecule has 0 radical (unpaired) electrons. The Kier molecular flexibility index (Phi) is 15.3. The molecule has 12 nitrogen and oxygen atoms in total. The zero-order valence-corrected chi connectivity index (χ0v) is 28.2. The molecule has 3 rings (SSSR count). The van der Waals surface area contributed by atoms with Crippen LogP contribution in [0.4, 0.5) is 5.69 Å². The van der Waals surface area contributed by atoms with E-state index in [-0.39, 0.29) is 23.2 Å². The van der Waals surface area contributed by atoms with Gasteiger partial charge in [-0.3, -0.25) is 15.1 Å². The van der Waals surface area contributed by atoms with Crippen molar-refractivity contribution in [2.45, 2.75) is 70.0 Å². The van der Waals surface area contributed by atoms with E-state index in [1.807, 2.05) is 25.3 Å². The summed E-state index contributed by atoms with van der Waals surface area (Å²) in [6.45, 7) is 3.85. The van der Waals surface area contributed by atoms with Crippen LogP contribution in [-0.2, 0) is 22.4 Å². The van der Waals surface area contributed by atoms with Gasteiger partial charge < -0.3 is 45.9 Å². The Balaban J connectivity index is 1.64. The standard InChI is InChI=1S/C35H53N5O7/c1-24(41)21-39-23-46-16-14-26-13-15-35(20-26,22-37-2)47-32-19-27(17-29(33(32)44)40-34(36)38-3)7-5-6-8-28(42)11-9-25-10-12-30(43)31(18-25)45-4/h6,8,10,12,17-19,24,26,37,39,41,43-44H,5,7,9,11,13-16,20-23H2,1-4H3,(H3,36,38,40)/t24-,26-,35+/m0/s1. The number of carbonyl (C=O) groups is 1. The number of ether oxygens (including phenoxy) is 3. The summed E-state index contributed by atoms with van der Waals surface area (Å²) >= 11 is 0. The third-order valence-corrected chi connectivity index (χ3v) is 8.25. The number of nitrogens with two attached hydrogens (primary N) is 1. The van der Waals surface area contributed by atoms with Gasteiger partial charge in [0.2, 0.25) is 0 Å². The molecule has 3 atom stereocenters. The first-order valence-electron chi connectivity index (χ1n) is 16.3. The molecule has 2 aromatic carbocycles. The number of aliphatic hydroxyl groups is 1. The minimum absolute atomic E-state index is 0.00673. The summed E-state index contributed by atoms with van der Waals surface area (Å²) in [5.41, 5.74) is 7.66. The summed E-state index contributed by atoms with van der Waals surface area (Å²) in [5.74, 6) is 1.36. The molecule has 1 aliphatic carbocycles. The molecule has 8 N–H and O–H groups in total. The number of aliphatic hydroxyl groups excluding tert-OH is 1. The lowest BCUT2D eigenvalue weighted by molar-refractivity contribution is -0.114. The lowest BCUT2D eigenvalue weighted by Crippen LogP contribution is -2.42. The predicted octanol–water partition coefficient (Wildman–Crippen LogP) is 3.63. The number of hydrogen-bond donors (Lipinski definition) is 7. The van der Waals surface area contributed by atoms with Crippen molar-refractivity contribution in [2.75, 3.05) is 52.9 Å². The number of benzene rings is 2. The second-order valence-electron chi connectivity index (χ2n) is 12.2. The van der Waals surface area contributed by atoms with Crippen molar-refractivity contribution in [1.29, 1.82) is 0 Å². The van der Waals surface area contributed by atoms with Gasteiger partial charge in [0, 0.05) is 33.2 Å². The average molecular weight is 656 g/mol. The summed E-state index contributed by atoms with van der Waals surface area (Å²) < 4.78 is 17.5. The number of guanidine groups is 1. The Morgan fingerprint density at radius 2 is 1.98 bits per heavy atom. The van der Waals surface area contributed by atoms with Gasteiger partial charge in [-0.1, -0.05) is 12.1 Å². The van der Waals surface area contributed by atoms with E-state index in [0.29, 0.717) is 75.2 Å². The molecule has 12 heteroatoms. The van der Waals surface area contributed by atoms with Gasteiger partial charge in [-0.05, 0) is 106 Å². The Labute approximate surface area is 278 Å². The number of aryl methyl sites for hydroxylation is 2. The van der Waals surface area contributed by atoms with E-state index < -0.39 is 11.7 Å². The van der Waals surface area contributed by atoms with Crippen LogP contribution >= 0.6 is 0 Å². The molecule has 1 fully saturated rings. The van der Waals surface area contributed by atoms with Gasteiger partial charge in [0.1, 0.15) is 5.60 Å². The number of likely N-dealkylation sites (N-methyl/N-ethyl adjacent to an activating group) is 1. The summed E-state index contributed by atoms with van der Waals surface area (Å²) in [5, 5.41) is 39.7. The van der Waals surface area contributed by atoms with Crippen molar-refractivity contribution in [2.24, 2.45) is 16.6 Å². The van der Waals surface area contributed by atoms with Crippen molar-refractivity contribution in [1.82, 2.24) is 10.6 Å². The topological polar surface area (TPSA) is 180 Å². The quantitative estimate of drug-likeness (QED) is 0.0277. The minimum atomic E-state index is -0.504. The fourth-order valence-corrected chi connectivity index (χ4v) is 5.82. The highest BCUT2D eigenvalue weighted by atomic mass is 16.5. The molecule has 0 aromatic heterocycles. The number of methoxy groups -OCH3 is 1. The Morgan fingerprint density at radius 1 is 1.19 bits per heavy atom. The molecule has 1 aliphatic rings. The van der Waals surface area contributed by atoms with E-state index in [1.54, 1.807) is 38.2 Å². The summed E-state index contributed by atoms with van der Waals surface area (Å²) in [4.78, 5) is 16.5. The zero-order chi connectivity index (χ0) is 34.2. The number of anilines is 1. The Bertz CT molecular complexity index is 1350. The van der Waals surface area contributed by atoms with E-state index in [2.05, 4.69) is 20.9 Å². The first kappa shape index (κ1) is 37.6. The van der Waals surface area contributed by atoms with Crippen LogP contribution in [0.15, 0.2) is 47.5 Å². The SMILES string of the molecule is CN=C(N)Nc1cc(CCC=CC(=O)CCc2ccc(O)c(OC)c2)cc(O[C@]2(CNC)CC[C@@H](CCOCNC[C@H](C)O)C2)c1O. The van der Waals surface area contributed by atoms with Gasteiger partial charge in [0.05, 0.1) is 25.6 Å². The molecule has 47 heavy (non-hydrogen) atoms. The van der Waals surface area contributed by atoms with Gasteiger partial charge in [-0.15, -0.1) is 0 Å². The molecular formula is C35H53N5O7. The normalized spacial score (nSPS) is 18.8. The fourth-order valence-electron chi connectivity index (χ4n) is 5.82. The van der Waals surface area contributed by atoms with Gasteiger partial charge >= 0.3 is 0 Å². The number of aliphatic imine (C=N–C) groups is 1. The van der Waals surface area contributed by atoms with E-state index in [0.717, 1.165) is 36.8 Å². The van der Waals surface area contributed by atoms with Gasteiger partial charge in [0.25, 0.3) is 0 Å². The molecule has 0 saturated heterocycles. The highest BCUT2D eigenvalue weighted by molar-refractivity contribution is 5.94. The van der Waals surface area contributed by atoms with E-state index in [9.17, 15) is 20.1 Å². The molecule has 0 heterocycles. The largest absolute Gasteiger partial charge is 0.504 e. The summed E-state index contributed by atoms with van der Waals surface area (Å²) in [6, 6.07) is 8.76. The molecule has 0 bridgehead atoms. The van der Waals surface area contributed by atoms with Gasteiger partial charge in [0.15, 0.2) is 34.7 Å². The number of nitrogens with one attached hydrogen (secondary N) is 3. The Hall–Kier alpha value is -3.84.